The minimum absolute atomic E-state index is 0.0530. The molecule has 0 saturated carbocycles. The summed E-state index contributed by atoms with van der Waals surface area (Å²) < 4.78 is 10.6. The lowest BCUT2D eigenvalue weighted by Crippen LogP contribution is -2.28. The molecule has 0 N–H and O–H groups in total. The maximum Gasteiger partial charge on any atom is 0.185 e. The highest BCUT2D eigenvalue weighted by atomic mass is 16.5. The van der Waals surface area contributed by atoms with Gasteiger partial charge in [-0.1, -0.05) is 12.1 Å². The molecule has 144 valence electrons. The average molecular weight is 368 g/mol. The van der Waals surface area contributed by atoms with E-state index in [9.17, 15) is 4.79 Å². The summed E-state index contributed by atoms with van der Waals surface area (Å²) in [7, 11) is 9.34. The molecule has 0 bridgehead atoms. The number of ketones is 1. The molecule has 0 amide bonds. The largest absolute Gasteiger partial charge is 0.497 e. The molecule has 5 heteroatoms. The van der Waals surface area contributed by atoms with E-state index in [4.69, 9.17) is 9.47 Å². The van der Waals surface area contributed by atoms with Crippen molar-refractivity contribution < 1.29 is 14.3 Å². The number of ether oxygens (including phenoxy) is 2. The van der Waals surface area contributed by atoms with Gasteiger partial charge < -0.3 is 19.3 Å². The summed E-state index contributed by atoms with van der Waals surface area (Å²) in [5.41, 5.74) is 2.47. The van der Waals surface area contributed by atoms with Gasteiger partial charge in [-0.25, -0.2) is 0 Å². The molecule has 5 nitrogen and oxygen atoms in total. The molecule has 0 radical (unpaired) electrons. The Hall–Kier alpha value is -2.79. The molecule has 2 aromatic carbocycles. The fourth-order valence-corrected chi connectivity index (χ4v) is 2.61. The Bertz CT molecular complexity index is 800. The summed E-state index contributed by atoms with van der Waals surface area (Å²) >= 11 is 0. The van der Waals surface area contributed by atoms with Gasteiger partial charge in [0.15, 0.2) is 5.78 Å². The van der Waals surface area contributed by atoms with Crippen LogP contribution in [0.15, 0.2) is 48.5 Å². The van der Waals surface area contributed by atoms with Crippen molar-refractivity contribution in [3.8, 4) is 11.5 Å². The third-order valence-electron chi connectivity index (χ3n) is 4.31. The number of methoxy groups -OCH3 is 2. The molecule has 0 unspecified atom stereocenters. The van der Waals surface area contributed by atoms with Gasteiger partial charge in [-0.15, -0.1) is 0 Å². The van der Waals surface area contributed by atoms with Crippen LogP contribution in [0.1, 0.15) is 15.9 Å². The molecule has 2 aromatic rings. The van der Waals surface area contributed by atoms with Gasteiger partial charge in [0, 0.05) is 37.0 Å². The minimum atomic E-state index is -0.0530. The zero-order valence-corrected chi connectivity index (χ0v) is 16.7. The number of likely N-dealkylation sites (N-methyl/N-ethyl adjacent to an activating group) is 2. The lowest BCUT2D eigenvalue weighted by atomic mass is 10.1. The second-order valence-electron chi connectivity index (χ2n) is 6.58. The van der Waals surface area contributed by atoms with Crippen molar-refractivity contribution in [3.05, 3.63) is 59.7 Å². The number of carbonyl (C=O) groups excluding carboxylic acids is 1. The molecule has 0 saturated heterocycles. The Morgan fingerprint density at radius 2 is 1.78 bits per heavy atom. The maximum absolute atomic E-state index is 12.6. The van der Waals surface area contributed by atoms with Crippen LogP contribution in [0, 0.1) is 0 Å². The molecule has 0 aliphatic carbocycles. The summed E-state index contributed by atoms with van der Waals surface area (Å²) in [6, 6.07) is 13.2. The maximum atomic E-state index is 12.6. The van der Waals surface area contributed by atoms with E-state index in [1.54, 1.807) is 26.4 Å². The molecular formula is C22H28N2O3. The predicted octanol–water partition coefficient (Wildman–Crippen LogP) is 3.60. The van der Waals surface area contributed by atoms with Crippen LogP contribution in [0.3, 0.4) is 0 Å². The number of hydrogen-bond donors (Lipinski definition) is 0. The highest BCUT2D eigenvalue weighted by Crippen LogP contribution is 2.25. The number of benzene rings is 2. The van der Waals surface area contributed by atoms with E-state index in [2.05, 4.69) is 9.80 Å². The van der Waals surface area contributed by atoms with E-state index in [1.165, 1.54) is 0 Å². The normalized spacial score (nSPS) is 11.0. The van der Waals surface area contributed by atoms with Crippen molar-refractivity contribution in [3.63, 3.8) is 0 Å². The molecule has 2 rings (SSSR count). The van der Waals surface area contributed by atoms with Crippen molar-refractivity contribution in [1.82, 2.24) is 4.90 Å². The molecule has 27 heavy (non-hydrogen) atoms. The van der Waals surface area contributed by atoms with Crippen LogP contribution in [0.2, 0.25) is 0 Å². The Kier molecular flexibility index (Phi) is 7.44. The number of rotatable bonds is 9. The third-order valence-corrected chi connectivity index (χ3v) is 4.31. The van der Waals surface area contributed by atoms with E-state index >= 15 is 0 Å². The number of carbonyl (C=O) groups is 1. The monoisotopic (exact) mass is 368 g/mol. The molecular weight excluding hydrogens is 340 g/mol. The first-order chi connectivity index (χ1) is 12.9. The Morgan fingerprint density at radius 3 is 2.44 bits per heavy atom. The lowest BCUT2D eigenvalue weighted by Gasteiger charge is -2.21. The zero-order chi connectivity index (χ0) is 19.8. The van der Waals surface area contributed by atoms with Crippen LogP contribution >= 0.6 is 0 Å². The first kappa shape index (κ1) is 20.5. The second kappa shape index (κ2) is 9.78. The quantitative estimate of drug-likeness (QED) is 0.500. The number of allylic oxidation sites excluding steroid dienone is 1. The summed E-state index contributed by atoms with van der Waals surface area (Å²) in [6.07, 6.45) is 3.32. The van der Waals surface area contributed by atoms with Crippen LogP contribution in [-0.4, -0.2) is 59.1 Å². The topological polar surface area (TPSA) is 42.0 Å². The van der Waals surface area contributed by atoms with Crippen LogP contribution in [0.4, 0.5) is 5.69 Å². The molecule has 0 fully saturated rings. The highest BCUT2D eigenvalue weighted by Gasteiger charge is 2.08. The van der Waals surface area contributed by atoms with Gasteiger partial charge in [0.2, 0.25) is 0 Å². The van der Waals surface area contributed by atoms with Gasteiger partial charge in [-0.2, -0.15) is 0 Å². The van der Waals surface area contributed by atoms with Gasteiger partial charge in [-0.05, 0) is 56.6 Å². The third kappa shape index (κ3) is 5.86. The van der Waals surface area contributed by atoms with Crippen molar-refractivity contribution in [1.29, 1.82) is 0 Å². The average Bonchev–Trinajstić information content (AvgIpc) is 2.69. The Morgan fingerprint density at radius 1 is 1.00 bits per heavy atom. The van der Waals surface area contributed by atoms with Crippen LogP contribution < -0.4 is 14.4 Å². The number of nitrogens with zero attached hydrogens (tertiary/aromatic N) is 2. The van der Waals surface area contributed by atoms with Crippen molar-refractivity contribution in [2.24, 2.45) is 0 Å². The molecule has 0 atom stereocenters. The second-order valence-corrected chi connectivity index (χ2v) is 6.58. The van der Waals surface area contributed by atoms with Crippen molar-refractivity contribution in [2.45, 2.75) is 0 Å². The molecule has 0 aliphatic heterocycles. The van der Waals surface area contributed by atoms with Gasteiger partial charge in [0.05, 0.1) is 14.2 Å². The van der Waals surface area contributed by atoms with Crippen molar-refractivity contribution >= 4 is 17.5 Å². The van der Waals surface area contributed by atoms with Crippen LogP contribution in [0.5, 0.6) is 11.5 Å². The van der Waals surface area contributed by atoms with Crippen molar-refractivity contribution in [2.75, 3.05) is 53.4 Å². The summed E-state index contributed by atoms with van der Waals surface area (Å²) in [5, 5.41) is 0. The first-order valence-electron chi connectivity index (χ1n) is 8.85. The van der Waals surface area contributed by atoms with E-state index in [0.717, 1.165) is 24.3 Å². The van der Waals surface area contributed by atoms with Gasteiger partial charge in [0.25, 0.3) is 0 Å². The van der Waals surface area contributed by atoms with Crippen LogP contribution in [-0.2, 0) is 0 Å². The summed E-state index contributed by atoms with van der Waals surface area (Å²) in [5.74, 6) is 1.35. The van der Waals surface area contributed by atoms with Gasteiger partial charge in [-0.3, -0.25) is 4.79 Å². The fraction of sp³-hybridized carbons (Fsp3) is 0.318. The Labute approximate surface area is 161 Å². The number of hydrogen-bond acceptors (Lipinski definition) is 5. The van der Waals surface area contributed by atoms with Crippen LogP contribution in [0.25, 0.3) is 6.08 Å². The smallest absolute Gasteiger partial charge is 0.185 e. The standard InChI is InChI=1S/C22H28N2O3/c1-23(2)13-14-24(3)19-8-6-7-17(15-19)21(25)11-9-18-16-20(26-4)10-12-22(18)27-5/h6-12,15-16H,13-14H2,1-5H3. The lowest BCUT2D eigenvalue weighted by molar-refractivity contribution is 0.104. The SMILES string of the molecule is COc1ccc(OC)c(C=CC(=O)c2cccc(N(C)CCN(C)C)c2)c1. The van der Waals surface area contributed by atoms with E-state index < -0.39 is 0 Å². The minimum Gasteiger partial charge on any atom is -0.497 e. The van der Waals surface area contributed by atoms with Gasteiger partial charge in [0.1, 0.15) is 11.5 Å². The first-order valence-corrected chi connectivity index (χ1v) is 8.85. The molecule has 0 spiro atoms. The number of anilines is 1. The van der Waals surface area contributed by atoms with E-state index in [-0.39, 0.29) is 5.78 Å². The molecule has 0 aliphatic rings. The summed E-state index contributed by atoms with van der Waals surface area (Å²) in [4.78, 5) is 16.9. The zero-order valence-electron chi connectivity index (χ0n) is 16.7. The molecule has 0 heterocycles. The fourth-order valence-electron chi connectivity index (χ4n) is 2.61. The summed E-state index contributed by atoms with van der Waals surface area (Å²) in [6.45, 7) is 1.84. The van der Waals surface area contributed by atoms with E-state index in [0.29, 0.717) is 17.1 Å². The highest BCUT2D eigenvalue weighted by molar-refractivity contribution is 6.07. The Balaban J connectivity index is 2.16. The van der Waals surface area contributed by atoms with Gasteiger partial charge >= 0.3 is 0 Å². The molecule has 0 aromatic heterocycles. The predicted molar refractivity (Wildman–Crippen MR) is 111 cm³/mol. The van der Waals surface area contributed by atoms with E-state index in [1.807, 2.05) is 63.6 Å².